The van der Waals surface area contributed by atoms with Gasteiger partial charge in [-0.1, -0.05) is 6.07 Å². The molecule has 20 heavy (non-hydrogen) atoms. The lowest BCUT2D eigenvalue weighted by Gasteiger charge is -2.09. The molecule has 0 aliphatic carbocycles. The van der Waals surface area contributed by atoms with Crippen LogP contribution in [0.3, 0.4) is 0 Å². The van der Waals surface area contributed by atoms with Crippen LogP contribution in [0.5, 0.6) is 11.5 Å². The summed E-state index contributed by atoms with van der Waals surface area (Å²) in [4.78, 5) is 11.8. The fourth-order valence-electron chi connectivity index (χ4n) is 2.16. The lowest BCUT2D eigenvalue weighted by molar-refractivity contribution is -0.117. The summed E-state index contributed by atoms with van der Waals surface area (Å²) >= 11 is 0. The minimum Gasteiger partial charge on any atom is -0.493 e. The zero-order valence-corrected chi connectivity index (χ0v) is 11.8. The summed E-state index contributed by atoms with van der Waals surface area (Å²) in [5.74, 6) is 1.25. The van der Waals surface area contributed by atoms with E-state index in [9.17, 15) is 4.79 Å². The molecule has 1 fully saturated rings. The molecule has 0 radical (unpaired) electrons. The van der Waals surface area contributed by atoms with E-state index in [1.807, 2.05) is 18.2 Å². The first-order valence-corrected chi connectivity index (χ1v) is 6.64. The third-order valence-corrected chi connectivity index (χ3v) is 3.24. The molecule has 1 atom stereocenters. The van der Waals surface area contributed by atoms with Crippen molar-refractivity contribution < 1.29 is 14.3 Å². The Labute approximate surface area is 119 Å². The first kappa shape index (κ1) is 14.4. The van der Waals surface area contributed by atoms with Crippen LogP contribution in [0.4, 0.5) is 0 Å². The van der Waals surface area contributed by atoms with Crippen molar-refractivity contribution in [2.24, 2.45) is 0 Å². The normalized spacial score (nSPS) is 18.2. The first-order chi connectivity index (χ1) is 9.72. The summed E-state index contributed by atoms with van der Waals surface area (Å²) in [6.07, 6.45) is 4.29. The molecule has 0 aromatic heterocycles. The van der Waals surface area contributed by atoms with Gasteiger partial charge in [0.15, 0.2) is 11.5 Å². The van der Waals surface area contributed by atoms with E-state index in [2.05, 4.69) is 10.6 Å². The van der Waals surface area contributed by atoms with E-state index >= 15 is 0 Å². The van der Waals surface area contributed by atoms with E-state index < -0.39 is 0 Å². The minimum atomic E-state index is -0.0755. The van der Waals surface area contributed by atoms with Gasteiger partial charge in [0.1, 0.15) is 0 Å². The van der Waals surface area contributed by atoms with Gasteiger partial charge in [0.2, 0.25) is 5.91 Å². The zero-order valence-electron chi connectivity index (χ0n) is 11.8. The Morgan fingerprint density at radius 1 is 1.35 bits per heavy atom. The molecule has 1 aromatic carbocycles. The van der Waals surface area contributed by atoms with Gasteiger partial charge in [0, 0.05) is 18.7 Å². The van der Waals surface area contributed by atoms with Crippen LogP contribution in [-0.4, -0.2) is 39.3 Å². The standard InChI is InChI=1S/C15H20N2O3/c1-19-13-5-3-11(9-14(13)20-2)4-6-15(18)17-12-7-8-16-10-12/h3-6,9,12,16H,7-8,10H2,1-2H3,(H,17,18)/b6-4+. The van der Waals surface area contributed by atoms with Crippen LogP contribution >= 0.6 is 0 Å². The summed E-state index contributed by atoms with van der Waals surface area (Å²) in [5.41, 5.74) is 0.891. The van der Waals surface area contributed by atoms with Crippen LogP contribution in [0.15, 0.2) is 24.3 Å². The highest BCUT2D eigenvalue weighted by Gasteiger charge is 2.15. The maximum atomic E-state index is 11.8. The largest absolute Gasteiger partial charge is 0.493 e. The Morgan fingerprint density at radius 2 is 2.15 bits per heavy atom. The smallest absolute Gasteiger partial charge is 0.244 e. The minimum absolute atomic E-state index is 0.0755. The van der Waals surface area contributed by atoms with Crippen molar-refractivity contribution in [1.29, 1.82) is 0 Å². The van der Waals surface area contributed by atoms with E-state index in [1.54, 1.807) is 26.4 Å². The number of ether oxygens (including phenoxy) is 2. The van der Waals surface area contributed by atoms with Crippen LogP contribution in [-0.2, 0) is 4.79 Å². The molecular weight excluding hydrogens is 256 g/mol. The predicted molar refractivity (Wildman–Crippen MR) is 78.0 cm³/mol. The molecule has 1 heterocycles. The fourth-order valence-corrected chi connectivity index (χ4v) is 2.16. The average Bonchev–Trinajstić information content (AvgIpc) is 2.97. The van der Waals surface area contributed by atoms with Crippen LogP contribution in [0.25, 0.3) is 6.08 Å². The maximum Gasteiger partial charge on any atom is 0.244 e. The monoisotopic (exact) mass is 276 g/mol. The zero-order chi connectivity index (χ0) is 14.4. The van der Waals surface area contributed by atoms with Crippen molar-refractivity contribution in [3.8, 4) is 11.5 Å². The number of benzene rings is 1. The van der Waals surface area contributed by atoms with Gasteiger partial charge in [-0.05, 0) is 36.7 Å². The van der Waals surface area contributed by atoms with Gasteiger partial charge in [-0.25, -0.2) is 0 Å². The Kier molecular flexibility index (Phi) is 5.01. The van der Waals surface area contributed by atoms with E-state index in [-0.39, 0.29) is 11.9 Å². The number of carbonyl (C=O) groups excluding carboxylic acids is 1. The molecule has 1 aliphatic rings. The average molecular weight is 276 g/mol. The number of rotatable bonds is 5. The lowest BCUT2D eigenvalue weighted by Crippen LogP contribution is -2.34. The molecule has 5 nitrogen and oxygen atoms in total. The number of hydrogen-bond acceptors (Lipinski definition) is 4. The molecule has 1 aliphatic heterocycles. The van der Waals surface area contributed by atoms with Gasteiger partial charge in [-0.2, -0.15) is 0 Å². The molecule has 2 N–H and O–H groups in total. The molecule has 1 unspecified atom stereocenters. The number of hydrogen-bond donors (Lipinski definition) is 2. The van der Waals surface area contributed by atoms with Gasteiger partial charge in [0.05, 0.1) is 14.2 Å². The Hall–Kier alpha value is -2.01. The predicted octanol–water partition coefficient (Wildman–Crippen LogP) is 1.20. The van der Waals surface area contributed by atoms with E-state index in [4.69, 9.17) is 9.47 Å². The SMILES string of the molecule is COc1ccc(/C=C/C(=O)NC2CCNC2)cc1OC. The van der Waals surface area contributed by atoms with Crippen molar-refractivity contribution >= 4 is 12.0 Å². The second-order valence-electron chi connectivity index (χ2n) is 4.65. The highest BCUT2D eigenvalue weighted by Crippen LogP contribution is 2.27. The Bertz CT molecular complexity index is 494. The van der Waals surface area contributed by atoms with Crippen molar-refractivity contribution in [3.63, 3.8) is 0 Å². The number of nitrogens with one attached hydrogen (secondary N) is 2. The molecular formula is C15H20N2O3. The van der Waals surface area contributed by atoms with Crippen molar-refractivity contribution in [2.75, 3.05) is 27.3 Å². The van der Waals surface area contributed by atoms with E-state index in [0.717, 1.165) is 25.1 Å². The van der Waals surface area contributed by atoms with Crippen LogP contribution in [0, 0.1) is 0 Å². The summed E-state index contributed by atoms with van der Waals surface area (Å²) in [6.45, 7) is 1.81. The van der Waals surface area contributed by atoms with Gasteiger partial charge < -0.3 is 20.1 Å². The lowest BCUT2D eigenvalue weighted by atomic mass is 10.2. The molecule has 0 spiro atoms. The van der Waals surface area contributed by atoms with Gasteiger partial charge in [0.25, 0.3) is 0 Å². The first-order valence-electron chi connectivity index (χ1n) is 6.64. The van der Waals surface area contributed by atoms with Crippen molar-refractivity contribution in [1.82, 2.24) is 10.6 Å². The highest BCUT2D eigenvalue weighted by atomic mass is 16.5. The van der Waals surface area contributed by atoms with Crippen LogP contribution < -0.4 is 20.1 Å². The fraction of sp³-hybridized carbons (Fsp3) is 0.400. The van der Waals surface area contributed by atoms with E-state index in [0.29, 0.717) is 11.5 Å². The Balaban J connectivity index is 1.97. The summed E-state index contributed by atoms with van der Waals surface area (Å²) in [7, 11) is 3.18. The number of amides is 1. The molecule has 1 saturated heterocycles. The van der Waals surface area contributed by atoms with Crippen LogP contribution in [0.1, 0.15) is 12.0 Å². The topological polar surface area (TPSA) is 59.6 Å². The number of methoxy groups -OCH3 is 2. The highest BCUT2D eigenvalue weighted by molar-refractivity contribution is 5.92. The molecule has 1 aromatic rings. The van der Waals surface area contributed by atoms with Crippen molar-refractivity contribution in [3.05, 3.63) is 29.8 Å². The van der Waals surface area contributed by atoms with Gasteiger partial charge in [-0.3, -0.25) is 4.79 Å². The summed E-state index contributed by atoms with van der Waals surface area (Å²) in [6, 6.07) is 5.76. The molecule has 5 heteroatoms. The second kappa shape index (κ2) is 6.96. The Morgan fingerprint density at radius 3 is 2.80 bits per heavy atom. The molecule has 0 bridgehead atoms. The molecule has 2 rings (SSSR count). The van der Waals surface area contributed by atoms with Gasteiger partial charge in [-0.15, -0.1) is 0 Å². The van der Waals surface area contributed by atoms with E-state index in [1.165, 1.54) is 0 Å². The molecule has 0 saturated carbocycles. The maximum absolute atomic E-state index is 11.8. The van der Waals surface area contributed by atoms with Gasteiger partial charge >= 0.3 is 0 Å². The quantitative estimate of drug-likeness (QED) is 0.793. The summed E-state index contributed by atoms with van der Waals surface area (Å²) in [5, 5.41) is 6.17. The third-order valence-electron chi connectivity index (χ3n) is 3.24. The van der Waals surface area contributed by atoms with Crippen LogP contribution in [0.2, 0.25) is 0 Å². The molecule has 1 amide bonds. The third kappa shape index (κ3) is 3.74. The number of carbonyl (C=O) groups is 1. The molecule has 108 valence electrons. The second-order valence-corrected chi connectivity index (χ2v) is 4.65. The van der Waals surface area contributed by atoms with Crippen molar-refractivity contribution in [2.45, 2.75) is 12.5 Å². The summed E-state index contributed by atoms with van der Waals surface area (Å²) < 4.78 is 10.4.